The Hall–Kier alpha value is -1.05. The molecule has 1 aromatic rings. The Morgan fingerprint density at radius 3 is 1.59 bits per heavy atom. The molecule has 29 heavy (non-hydrogen) atoms. The van der Waals surface area contributed by atoms with Gasteiger partial charge in [-0.1, -0.05) is 104 Å². The molecule has 2 heteroatoms. The van der Waals surface area contributed by atoms with E-state index in [0.717, 1.165) is 42.6 Å². The maximum atomic E-state index is 12.6. The third-order valence-electron chi connectivity index (χ3n) is 6.29. The summed E-state index contributed by atoms with van der Waals surface area (Å²) in [5.41, 5.74) is 3.31. The minimum Gasteiger partial charge on any atom is -0.351 e. The van der Waals surface area contributed by atoms with E-state index in [2.05, 4.69) is 38.5 Å². The van der Waals surface area contributed by atoms with Crippen molar-refractivity contribution >= 4 is 5.78 Å². The summed E-state index contributed by atoms with van der Waals surface area (Å²) < 4.78 is 2.25. The van der Waals surface area contributed by atoms with Gasteiger partial charge in [-0.3, -0.25) is 4.79 Å². The first-order valence-corrected chi connectivity index (χ1v) is 12.8. The van der Waals surface area contributed by atoms with Crippen molar-refractivity contribution in [3.8, 4) is 0 Å². The van der Waals surface area contributed by atoms with E-state index in [1.807, 2.05) is 0 Å². The van der Waals surface area contributed by atoms with Crippen LogP contribution in [-0.4, -0.2) is 10.4 Å². The van der Waals surface area contributed by atoms with Crippen LogP contribution in [0.5, 0.6) is 0 Å². The fourth-order valence-corrected chi connectivity index (χ4v) is 4.50. The maximum absolute atomic E-state index is 12.6. The molecule has 0 aliphatic heterocycles. The van der Waals surface area contributed by atoms with Crippen molar-refractivity contribution in [2.75, 3.05) is 0 Å². The molecule has 0 saturated carbocycles. The second-order valence-corrected chi connectivity index (χ2v) is 9.09. The molecule has 0 saturated heterocycles. The van der Waals surface area contributed by atoms with Gasteiger partial charge in [-0.2, -0.15) is 0 Å². The van der Waals surface area contributed by atoms with Crippen LogP contribution in [0.3, 0.4) is 0 Å². The fourth-order valence-electron chi connectivity index (χ4n) is 4.50. The number of nitrogens with zero attached hydrogens (tertiary/aromatic N) is 1. The van der Waals surface area contributed by atoms with Gasteiger partial charge in [0.05, 0.1) is 0 Å². The van der Waals surface area contributed by atoms with Crippen LogP contribution >= 0.6 is 0 Å². The maximum Gasteiger partial charge on any atom is 0.164 e. The van der Waals surface area contributed by atoms with Gasteiger partial charge in [0.15, 0.2) is 5.78 Å². The zero-order valence-corrected chi connectivity index (χ0v) is 20.2. The van der Waals surface area contributed by atoms with E-state index in [1.165, 1.54) is 89.9 Å². The van der Waals surface area contributed by atoms with Gasteiger partial charge in [-0.05, 0) is 32.3 Å². The van der Waals surface area contributed by atoms with Crippen LogP contribution in [0.15, 0.2) is 6.20 Å². The summed E-state index contributed by atoms with van der Waals surface area (Å²) in [6.45, 7) is 9.67. The molecule has 0 spiro atoms. The smallest absolute Gasteiger partial charge is 0.164 e. The molecule has 0 unspecified atom stereocenters. The van der Waals surface area contributed by atoms with Crippen LogP contribution in [0, 0.1) is 13.8 Å². The summed E-state index contributed by atoms with van der Waals surface area (Å²) in [7, 11) is 0. The molecule has 0 aromatic carbocycles. The number of hydrogen-bond acceptors (Lipinski definition) is 1. The Bertz CT molecular complexity index is 543. The van der Waals surface area contributed by atoms with Gasteiger partial charge in [0.1, 0.15) is 0 Å². The van der Waals surface area contributed by atoms with Crippen LogP contribution in [0.4, 0.5) is 0 Å². The van der Waals surface area contributed by atoms with E-state index in [4.69, 9.17) is 0 Å². The highest BCUT2D eigenvalue weighted by Gasteiger charge is 2.16. The zero-order valence-electron chi connectivity index (χ0n) is 20.2. The minimum atomic E-state index is 0.351. The third kappa shape index (κ3) is 11.1. The lowest BCUT2D eigenvalue weighted by molar-refractivity contribution is 0.0978. The fraction of sp³-hybridized carbons (Fsp3) is 0.815. The number of Topliss-reactive ketones (excluding diaryl/α,β-unsaturated/α-hetero) is 1. The molecule has 0 aliphatic carbocycles. The highest BCUT2D eigenvalue weighted by molar-refractivity contribution is 5.98. The summed E-state index contributed by atoms with van der Waals surface area (Å²) in [5, 5.41) is 0. The molecule has 168 valence electrons. The van der Waals surface area contributed by atoms with E-state index in [1.54, 1.807) is 0 Å². The van der Waals surface area contributed by atoms with Crippen molar-refractivity contribution in [1.29, 1.82) is 0 Å². The first kappa shape index (κ1) is 26.0. The molecule has 0 fully saturated rings. The first-order valence-electron chi connectivity index (χ1n) is 12.8. The Morgan fingerprint density at radius 2 is 1.14 bits per heavy atom. The number of aromatic nitrogens is 1. The second-order valence-electron chi connectivity index (χ2n) is 9.09. The first-order chi connectivity index (χ1) is 14.1. The summed E-state index contributed by atoms with van der Waals surface area (Å²) in [6, 6.07) is 0. The standard InChI is InChI=1S/C27H49NO/c1-5-7-8-9-10-11-12-13-14-15-16-17-18-19-20-21-26(29)27-24(3)23-28(22-6-2)25(27)4/h23H,5-22H2,1-4H3. The largest absolute Gasteiger partial charge is 0.351 e. The highest BCUT2D eigenvalue weighted by atomic mass is 16.1. The summed E-state index contributed by atoms with van der Waals surface area (Å²) >= 11 is 0. The number of aryl methyl sites for hydroxylation is 2. The molecule has 0 bridgehead atoms. The van der Waals surface area contributed by atoms with Crippen molar-refractivity contribution < 1.29 is 4.79 Å². The number of ketones is 1. The number of unbranched alkanes of at least 4 members (excludes halogenated alkanes) is 14. The van der Waals surface area contributed by atoms with E-state index in [9.17, 15) is 4.79 Å². The van der Waals surface area contributed by atoms with Crippen molar-refractivity contribution in [2.45, 2.75) is 143 Å². The van der Waals surface area contributed by atoms with Gasteiger partial charge >= 0.3 is 0 Å². The predicted octanol–water partition coefficient (Wildman–Crippen LogP) is 8.96. The van der Waals surface area contributed by atoms with Gasteiger partial charge in [0, 0.05) is 30.4 Å². The van der Waals surface area contributed by atoms with Gasteiger partial charge in [0.2, 0.25) is 0 Å². The lowest BCUT2D eigenvalue weighted by atomic mass is 10.0. The molecule has 1 rings (SSSR count). The SMILES string of the molecule is CCCCCCCCCCCCCCCCCC(=O)c1c(C)cn(CCC)c1C. The molecule has 1 aromatic heterocycles. The lowest BCUT2D eigenvalue weighted by Crippen LogP contribution is -2.04. The molecular weight excluding hydrogens is 354 g/mol. The van der Waals surface area contributed by atoms with Crippen LogP contribution in [0.2, 0.25) is 0 Å². The van der Waals surface area contributed by atoms with Crippen molar-refractivity contribution in [3.63, 3.8) is 0 Å². The zero-order chi connectivity index (χ0) is 21.3. The molecule has 2 nitrogen and oxygen atoms in total. The summed E-state index contributed by atoms with van der Waals surface area (Å²) in [6.07, 6.45) is 24.5. The van der Waals surface area contributed by atoms with Gasteiger partial charge in [-0.15, -0.1) is 0 Å². The molecule has 0 atom stereocenters. The molecule has 1 heterocycles. The molecule has 0 amide bonds. The topological polar surface area (TPSA) is 22.0 Å². The number of hydrogen-bond donors (Lipinski definition) is 0. The van der Waals surface area contributed by atoms with Gasteiger partial charge in [-0.25, -0.2) is 0 Å². The van der Waals surface area contributed by atoms with Crippen LogP contribution < -0.4 is 0 Å². The Labute approximate surface area is 181 Å². The van der Waals surface area contributed by atoms with Crippen molar-refractivity contribution in [3.05, 3.63) is 23.0 Å². The van der Waals surface area contributed by atoms with Crippen LogP contribution in [-0.2, 0) is 6.54 Å². The average Bonchev–Trinajstić information content (AvgIpc) is 2.98. The Kier molecular flexibility index (Phi) is 15.0. The normalized spacial score (nSPS) is 11.3. The van der Waals surface area contributed by atoms with Crippen LogP contribution in [0.1, 0.15) is 145 Å². The Balaban J connectivity index is 1.98. The lowest BCUT2D eigenvalue weighted by Gasteiger charge is -2.06. The molecular formula is C27H49NO. The van der Waals surface area contributed by atoms with E-state index >= 15 is 0 Å². The van der Waals surface area contributed by atoms with E-state index < -0.39 is 0 Å². The van der Waals surface area contributed by atoms with Crippen LogP contribution in [0.25, 0.3) is 0 Å². The highest BCUT2D eigenvalue weighted by Crippen LogP contribution is 2.20. The monoisotopic (exact) mass is 403 g/mol. The van der Waals surface area contributed by atoms with Crippen molar-refractivity contribution in [2.24, 2.45) is 0 Å². The van der Waals surface area contributed by atoms with Gasteiger partial charge < -0.3 is 4.57 Å². The average molecular weight is 404 g/mol. The molecule has 0 aliphatic rings. The number of carbonyl (C=O) groups is 1. The minimum absolute atomic E-state index is 0.351. The second kappa shape index (κ2) is 16.7. The van der Waals surface area contributed by atoms with E-state index in [0.29, 0.717) is 5.78 Å². The number of carbonyl (C=O) groups excluding carboxylic acids is 1. The molecule has 0 N–H and O–H groups in total. The summed E-state index contributed by atoms with van der Waals surface area (Å²) in [4.78, 5) is 12.6. The van der Waals surface area contributed by atoms with Gasteiger partial charge in [0.25, 0.3) is 0 Å². The van der Waals surface area contributed by atoms with Crippen molar-refractivity contribution in [1.82, 2.24) is 4.57 Å². The van der Waals surface area contributed by atoms with E-state index in [-0.39, 0.29) is 0 Å². The molecule has 0 radical (unpaired) electrons. The third-order valence-corrected chi connectivity index (χ3v) is 6.29. The summed E-state index contributed by atoms with van der Waals surface area (Å²) in [5.74, 6) is 0.351. The number of rotatable bonds is 19. The predicted molar refractivity (Wildman–Crippen MR) is 128 cm³/mol. The quantitative estimate of drug-likeness (QED) is 0.167. The Morgan fingerprint density at radius 1 is 0.690 bits per heavy atom.